The maximum Gasteiger partial charge on any atom is 0.220 e. The molecule has 0 bridgehead atoms. The smallest absolute Gasteiger partial charge is 0.220 e. The molecule has 1 aliphatic rings. The average molecular weight is 245 g/mol. The number of primary sulfonamides is 1. The Balaban J connectivity index is 2.34. The van der Waals surface area contributed by atoms with Crippen molar-refractivity contribution in [2.24, 2.45) is 10.9 Å². The SMILES string of the molecule is NCCn1cc(C2(S(N)(=O)=O)CCC2)nn1. The molecule has 90 valence electrons. The Morgan fingerprint density at radius 2 is 2.19 bits per heavy atom. The zero-order valence-electron chi connectivity index (χ0n) is 8.83. The van der Waals surface area contributed by atoms with E-state index in [0.29, 0.717) is 31.6 Å². The third kappa shape index (κ3) is 1.62. The zero-order valence-corrected chi connectivity index (χ0v) is 9.65. The van der Waals surface area contributed by atoms with E-state index in [1.165, 1.54) is 0 Å². The predicted octanol–water partition coefficient (Wildman–Crippen LogP) is -1.10. The Labute approximate surface area is 93.9 Å². The maximum atomic E-state index is 11.6. The number of hydrogen-bond donors (Lipinski definition) is 2. The van der Waals surface area contributed by atoms with Gasteiger partial charge in [-0.15, -0.1) is 5.10 Å². The Morgan fingerprint density at radius 1 is 1.50 bits per heavy atom. The zero-order chi connectivity index (χ0) is 11.8. The molecule has 8 heteroatoms. The van der Waals surface area contributed by atoms with Gasteiger partial charge >= 0.3 is 0 Å². The van der Waals surface area contributed by atoms with Crippen LogP contribution in [0.4, 0.5) is 0 Å². The van der Waals surface area contributed by atoms with Gasteiger partial charge in [-0.1, -0.05) is 5.21 Å². The number of rotatable bonds is 4. The van der Waals surface area contributed by atoms with Gasteiger partial charge in [0, 0.05) is 6.54 Å². The van der Waals surface area contributed by atoms with Crippen molar-refractivity contribution >= 4 is 10.0 Å². The van der Waals surface area contributed by atoms with Crippen LogP contribution in [-0.2, 0) is 21.3 Å². The highest BCUT2D eigenvalue weighted by molar-refractivity contribution is 7.90. The van der Waals surface area contributed by atoms with Crippen LogP contribution in [0.1, 0.15) is 25.0 Å². The van der Waals surface area contributed by atoms with Gasteiger partial charge in [0.15, 0.2) is 0 Å². The average Bonchev–Trinajstić information content (AvgIpc) is 2.49. The van der Waals surface area contributed by atoms with Crippen LogP contribution >= 0.6 is 0 Å². The fraction of sp³-hybridized carbons (Fsp3) is 0.750. The molecule has 2 rings (SSSR count). The minimum Gasteiger partial charge on any atom is -0.329 e. The van der Waals surface area contributed by atoms with Crippen molar-refractivity contribution in [3.8, 4) is 0 Å². The van der Waals surface area contributed by atoms with E-state index in [1.807, 2.05) is 0 Å². The predicted molar refractivity (Wildman–Crippen MR) is 57.7 cm³/mol. The third-order valence-corrected chi connectivity index (χ3v) is 4.78. The van der Waals surface area contributed by atoms with Crippen molar-refractivity contribution in [2.75, 3.05) is 6.54 Å². The van der Waals surface area contributed by atoms with E-state index < -0.39 is 14.8 Å². The number of sulfonamides is 1. The summed E-state index contributed by atoms with van der Waals surface area (Å²) in [4.78, 5) is 0. The lowest BCUT2D eigenvalue weighted by Crippen LogP contribution is -2.46. The molecule has 0 atom stereocenters. The molecule has 0 unspecified atom stereocenters. The second-order valence-electron chi connectivity index (χ2n) is 4.05. The Bertz CT molecular complexity index is 476. The first-order valence-corrected chi connectivity index (χ1v) is 6.67. The lowest BCUT2D eigenvalue weighted by Gasteiger charge is -2.37. The molecule has 1 aliphatic carbocycles. The highest BCUT2D eigenvalue weighted by Gasteiger charge is 2.50. The monoisotopic (exact) mass is 245 g/mol. The third-order valence-electron chi connectivity index (χ3n) is 3.07. The van der Waals surface area contributed by atoms with Crippen LogP contribution in [0.15, 0.2) is 6.20 Å². The van der Waals surface area contributed by atoms with Gasteiger partial charge in [0.2, 0.25) is 10.0 Å². The summed E-state index contributed by atoms with van der Waals surface area (Å²) >= 11 is 0. The molecule has 0 saturated heterocycles. The highest BCUT2D eigenvalue weighted by atomic mass is 32.2. The summed E-state index contributed by atoms with van der Waals surface area (Å²) in [6, 6.07) is 0. The first kappa shape index (κ1) is 11.5. The lowest BCUT2D eigenvalue weighted by atomic mass is 9.82. The molecule has 0 spiro atoms. The van der Waals surface area contributed by atoms with E-state index in [0.717, 1.165) is 6.42 Å². The summed E-state index contributed by atoms with van der Waals surface area (Å²) in [7, 11) is -3.63. The van der Waals surface area contributed by atoms with Crippen LogP contribution in [0.5, 0.6) is 0 Å². The molecule has 7 nitrogen and oxygen atoms in total. The summed E-state index contributed by atoms with van der Waals surface area (Å²) in [6.45, 7) is 0.957. The standard InChI is InChI=1S/C8H15N5O2S/c9-4-5-13-6-7(11-12-13)8(2-1-3-8)16(10,14)15/h6H,1-5,9H2,(H2,10,14,15). The minimum atomic E-state index is -3.63. The first-order valence-electron chi connectivity index (χ1n) is 5.13. The molecule has 1 aromatic rings. The molecule has 1 aromatic heterocycles. The largest absolute Gasteiger partial charge is 0.329 e. The van der Waals surface area contributed by atoms with Gasteiger partial charge in [0.05, 0.1) is 12.7 Å². The molecule has 0 aromatic carbocycles. The molecule has 0 amide bonds. The number of nitrogens with two attached hydrogens (primary N) is 2. The van der Waals surface area contributed by atoms with Crippen molar-refractivity contribution in [3.63, 3.8) is 0 Å². The Hall–Kier alpha value is -0.990. The van der Waals surface area contributed by atoms with Crippen molar-refractivity contribution < 1.29 is 8.42 Å². The van der Waals surface area contributed by atoms with E-state index in [1.54, 1.807) is 10.9 Å². The van der Waals surface area contributed by atoms with Gasteiger partial charge in [-0.2, -0.15) is 0 Å². The topological polar surface area (TPSA) is 117 Å². The van der Waals surface area contributed by atoms with Crippen LogP contribution < -0.4 is 10.9 Å². The molecule has 4 N–H and O–H groups in total. The van der Waals surface area contributed by atoms with Gasteiger partial charge in [-0.3, -0.25) is 4.68 Å². The highest BCUT2D eigenvalue weighted by Crippen LogP contribution is 2.45. The number of aromatic nitrogens is 3. The molecule has 1 fully saturated rings. The fourth-order valence-corrected chi connectivity index (χ4v) is 3.18. The van der Waals surface area contributed by atoms with E-state index in [9.17, 15) is 8.42 Å². The summed E-state index contributed by atoms with van der Waals surface area (Å²) in [5.74, 6) is 0. The molecule has 1 heterocycles. The molecule has 0 aliphatic heterocycles. The van der Waals surface area contributed by atoms with Crippen molar-refractivity contribution in [1.82, 2.24) is 15.0 Å². The molecular formula is C8H15N5O2S. The van der Waals surface area contributed by atoms with E-state index in [2.05, 4.69) is 10.3 Å². The van der Waals surface area contributed by atoms with E-state index in [-0.39, 0.29) is 0 Å². The Kier molecular flexibility index (Phi) is 2.72. The van der Waals surface area contributed by atoms with Crippen LogP contribution in [0.2, 0.25) is 0 Å². The Morgan fingerprint density at radius 3 is 2.62 bits per heavy atom. The second-order valence-corrected chi connectivity index (χ2v) is 5.92. The first-order chi connectivity index (χ1) is 7.49. The second kappa shape index (κ2) is 3.79. The summed E-state index contributed by atoms with van der Waals surface area (Å²) in [5, 5.41) is 13.0. The summed E-state index contributed by atoms with van der Waals surface area (Å²) in [5.41, 5.74) is 5.82. The quantitative estimate of drug-likeness (QED) is 0.698. The van der Waals surface area contributed by atoms with E-state index in [4.69, 9.17) is 10.9 Å². The fourth-order valence-electron chi connectivity index (χ4n) is 1.93. The van der Waals surface area contributed by atoms with Gasteiger partial charge < -0.3 is 5.73 Å². The van der Waals surface area contributed by atoms with Gasteiger partial charge in [-0.05, 0) is 19.3 Å². The molecule has 16 heavy (non-hydrogen) atoms. The van der Waals surface area contributed by atoms with Gasteiger partial charge in [0.25, 0.3) is 0 Å². The molecule has 1 saturated carbocycles. The van der Waals surface area contributed by atoms with Crippen LogP contribution in [0.25, 0.3) is 0 Å². The van der Waals surface area contributed by atoms with Gasteiger partial charge in [-0.25, -0.2) is 13.6 Å². The van der Waals surface area contributed by atoms with Crippen molar-refractivity contribution in [1.29, 1.82) is 0 Å². The maximum absolute atomic E-state index is 11.6. The molecule has 0 radical (unpaired) electrons. The minimum absolute atomic E-state index is 0.436. The number of nitrogens with zero attached hydrogens (tertiary/aromatic N) is 3. The normalized spacial score (nSPS) is 19.4. The van der Waals surface area contributed by atoms with Crippen molar-refractivity contribution in [2.45, 2.75) is 30.6 Å². The number of hydrogen-bond acceptors (Lipinski definition) is 5. The van der Waals surface area contributed by atoms with Crippen LogP contribution in [0, 0.1) is 0 Å². The van der Waals surface area contributed by atoms with Crippen LogP contribution in [0.3, 0.4) is 0 Å². The summed E-state index contributed by atoms with van der Waals surface area (Å²) in [6.07, 6.45) is 3.51. The van der Waals surface area contributed by atoms with Crippen molar-refractivity contribution in [3.05, 3.63) is 11.9 Å². The summed E-state index contributed by atoms with van der Waals surface area (Å²) < 4.78 is 23.7. The van der Waals surface area contributed by atoms with Crippen LogP contribution in [-0.4, -0.2) is 30.0 Å². The lowest BCUT2D eigenvalue weighted by molar-refractivity contribution is 0.337. The van der Waals surface area contributed by atoms with E-state index >= 15 is 0 Å². The molecular weight excluding hydrogens is 230 g/mol. The van der Waals surface area contributed by atoms with Gasteiger partial charge in [0.1, 0.15) is 10.4 Å².